The molecule has 1 atom stereocenters. The van der Waals surface area contributed by atoms with Crippen LogP contribution in [0.3, 0.4) is 0 Å². The van der Waals surface area contributed by atoms with Gasteiger partial charge in [0, 0.05) is 16.8 Å². The number of rotatable bonds is 3. The van der Waals surface area contributed by atoms with Crippen LogP contribution >= 0.6 is 22.9 Å². The van der Waals surface area contributed by atoms with Crippen molar-refractivity contribution in [1.29, 1.82) is 0 Å². The molecule has 0 saturated heterocycles. The highest BCUT2D eigenvalue weighted by atomic mass is 35.5. The molecule has 0 aliphatic rings. The van der Waals surface area contributed by atoms with E-state index in [0.29, 0.717) is 6.04 Å². The maximum atomic E-state index is 6.08. The summed E-state index contributed by atoms with van der Waals surface area (Å²) in [6, 6.07) is 8.39. The Morgan fingerprint density at radius 3 is 2.81 bits per heavy atom. The summed E-state index contributed by atoms with van der Waals surface area (Å²) < 4.78 is 0. The number of nitrogens with one attached hydrogen (secondary N) is 1. The zero-order valence-electron chi connectivity index (χ0n) is 9.33. The van der Waals surface area contributed by atoms with E-state index in [4.69, 9.17) is 11.6 Å². The molecule has 1 nitrogen and oxygen atoms in total. The highest BCUT2D eigenvalue weighted by Crippen LogP contribution is 2.27. The van der Waals surface area contributed by atoms with E-state index in [2.05, 4.69) is 35.1 Å². The molecule has 84 valence electrons. The maximum absolute atomic E-state index is 6.08. The molecule has 3 heteroatoms. The summed E-state index contributed by atoms with van der Waals surface area (Å²) in [5, 5.41) is 8.54. The molecule has 0 aliphatic carbocycles. The minimum atomic E-state index is 0.309. The second kappa shape index (κ2) is 4.89. The van der Waals surface area contributed by atoms with Crippen LogP contribution in [-0.2, 0) is 0 Å². The van der Waals surface area contributed by atoms with Gasteiger partial charge in [0.05, 0.1) is 0 Å². The molecule has 2 rings (SSSR count). The van der Waals surface area contributed by atoms with Gasteiger partial charge in [-0.25, -0.2) is 0 Å². The van der Waals surface area contributed by atoms with Gasteiger partial charge in [0.1, 0.15) is 0 Å². The standard InChI is InChI=1S/C13H14ClNS/c1-9-12(14)4-3-5-13(9)15-10(2)11-6-7-16-8-11/h3-8,10,15H,1-2H3. The Hall–Kier alpha value is -0.990. The molecule has 1 heterocycles. The number of hydrogen-bond donors (Lipinski definition) is 1. The van der Waals surface area contributed by atoms with Gasteiger partial charge in [0.2, 0.25) is 0 Å². The summed E-state index contributed by atoms with van der Waals surface area (Å²) in [4.78, 5) is 0. The van der Waals surface area contributed by atoms with Crippen molar-refractivity contribution in [3.8, 4) is 0 Å². The first-order valence-electron chi connectivity index (χ1n) is 5.22. The lowest BCUT2D eigenvalue weighted by atomic mass is 10.1. The fraction of sp³-hybridized carbons (Fsp3) is 0.231. The smallest absolute Gasteiger partial charge is 0.0493 e. The highest BCUT2D eigenvalue weighted by molar-refractivity contribution is 7.07. The molecule has 1 aromatic heterocycles. The lowest BCUT2D eigenvalue weighted by molar-refractivity contribution is 0.888. The normalized spacial score (nSPS) is 12.4. The van der Waals surface area contributed by atoms with Crippen molar-refractivity contribution in [3.63, 3.8) is 0 Å². The van der Waals surface area contributed by atoms with E-state index in [1.54, 1.807) is 11.3 Å². The van der Waals surface area contributed by atoms with Crippen molar-refractivity contribution in [3.05, 3.63) is 51.2 Å². The average Bonchev–Trinajstić information content (AvgIpc) is 2.78. The number of anilines is 1. The van der Waals surface area contributed by atoms with E-state index >= 15 is 0 Å². The van der Waals surface area contributed by atoms with E-state index in [9.17, 15) is 0 Å². The van der Waals surface area contributed by atoms with Crippen LogP contribution in [0.4, 0.5) is 5.69 Å². The van der Waals surface area contributed by atoms with Crippen molar-refractivity contribution in [1.82, 2.24) is 0 Å². The van der Waals surface area contributed by atoms with Crippen LogP contribution in [0.2, 0.25) is 5.02 Å². The van der Waals surface area contributed by atoms with E-state index < -0.39 is 0 Å². The summed E-state index contributed by atoms with van der Waals surface area (Å²) in [5.74, 6) is 0. The van der Waals surface area contributed by atoms with Gasteiger partial charge in [0.25, 0.3) is 0 Å². The van der Waals surface area contributed by atoms with Crippen LogP contribution in [0.15, 0.2) is 35.0 Å². The molecule has 1 aromatic carbocycles. The molecule has 0 radical (unpaired) electrons. The fourth-order valence-corrected chi connectivity index (χ4v) is 2.53. The lowest BCUT2D eigenvalue weighted by Gasteiger charge is -2.16. The predicted octanol–water partition coefficient (Wildman–Crippen LogP) is 4.88. The molecular weight excluding hydrogens is 238 g/mol. The van der Waals surface area contributed by atoms with Gasteiger partial charge in [0.15, 0.2) is 0 Å². The van der Waals surface area contributed by atoms with Gasteiger partial charge in [-0.1, -0.05) is 17.7 Å². The monoisotopic (exact) mass is 251 g/mol. The Morgan fingerprint density at radius 1 is 1.31 bits per heavy atom. The lowest BCUT2D eigenvalue weighted by Crippen LogP contribution is -2.06. The average molecular weight is 252 g/mol. The summed E-state index contributed by atoms with van der Waals surface area (Å²) >= 11 is 7.80. The molecule has 0 fully saturated rings. The van der Waals surface area contributed by atoms with Crippen LogP contribution in [0.25, 0.3) is 0 Å². The topological polar surface area (TPSA) is 12.0 Å². The first kappa shape index (κ1) is 11.5. The van der Waals surface area contributed by atoms with Crippen molar-refractivity contribution < 1.29 is 0 Å². The maximum Gasteiger partial charge on any atom is 0.0493 e. The van der Waals surface area contributed by atoms with Crippen molar-refractivity contribution in [2.45, 2.75) is 19.9 Å². The molecule has 0 saturated carbocycles. The van der Waals surface area contributed by atoms with Crippen LogP contribution in [0.5, 0.6) is 0 Å². The fourth-order valence-electron chi connectivity index (χ4n) is 1.60. The predicted molar refractivity (Wildman–Crippen MR) is 72.5 cm³/mol. The van der Waals surface area contributed by atoms with E-state index in [0.717, 1.165) is 16.3 Å². The van der Waals surface area contributed by atoms with Crippen LogP contribution in [0.1, 0.15) is 24.1 Å². The minimum Gasteiger partial charge on any atom is -0.378 e. The van der Waals surface area contributed by atoms with Gasteiger partial charge in [-0.3, -0.25) is 0 Å². The number of thiophene rings is 1. The van der Waals surface area contributed by atoms with Crippen molar-refractivity contribution in [2.24, 2.45) is 0 Å². The molecule has 2 aromatic rings. The largest absolute Gasteiger partial charge is 0.378 e. The number of benzene rings is 1. The Morgan fingerprint density at radius 2 is 2.12 bits per heavy atom. The summed E-state index contributed by atoms with van der Waals surface area (Å²) in [7, 11) is 0. The Labute approximate surface area is 105 Å². The van der Waals surface area contributed by atoms with Crippen LogP contribution < -0.4 is 5.32 Å². The molecular formula is C13H14ClNS. The molecule has 16 heavy (non-hydrogen) atoms. The van der Waals surface area contributed by atoms with Gasteiger partial charge in [-0.15, -0.1) is 0 Å². The second-order valence-electron chi connectivity index (χ2n) is 3.84. The molecule has 1 N–H and O–H groups in total. The van der Waals surface area contributed by atoms with E-state index in [1.807, 2.05) is 19.1 Å². The quantitative estimate of drug-likeness (QED) is 0.820. The first-order valence-corrected chi connectivity index (χ1v) is 6.54. The molecule has 1 unspecified atom stereocenters. The van der Waals surface area contributed by atoms with E-state index in [1.165, 1.54) is 5.56 Å². The summed E-state index contributed by atoms with van der Waals surface area (Å²) in [6.45, 7) is 4.19. The Balaban J connectivity index is 2.18. The third-order valence-corrected chi connectivity index (χ3v) is 3.79. The molecule has 0 amide bonds. The zero-order valence-corrected chi connectivity index (χ0v) is 10.9. The highest BCUT2D eigenvalue weighted by Gasteiger charge is 2.08. The third-order valence-electron chi connectivity index (χ3n) is 2.68. The van der Waals surface area contributed by atoms with Gasteiger partial charge < -0.3 is 5.32 Å². The minimum absolute atomic E-state index is 0.309. The van der Waals surface area contributed by atoms with Gasteiger partial charge in [-0.2, -0.15) is 11.3 Å². The van der Waals surface area contributed by atoms with E-state index in [-0.39, 0.29) is 0 Å². The van der Waals surface area contributed by atoms with Crippen molar-refractivity contribution in [2.75, 3.05) is 5.32 Å². The number of halogens is 1. The zero-order chi connectivity index (χ0) is 11.5. The van der Waals surface area contributed by atoms with Crippen LogP contribution in [-0.4, -0.2) is 0 Å². The van der Waals surface area contributed by atoms with Gasteiger partial charge >= 0.3 is 0 Å². The molecule has 0 spiro atoms. The Kier molecular flexibility index (Phi) is 3.52. The molecule has 0 aliphatic heterocycles. The third kappa shape index (κ3) is 2.39. The van der Waals surface area contributed by atoms with Crippen molar-refractivity contribution >= 4 is 28.6 Å². The molecule has 0 bridgehead atoms. The second-order valence-corrected chi connectivity index (χ2v) is 5.02. The summed E-state index contributed by atoms with van der Waals surface area (Å²) in [5.41, 5.74) is 3.52. The van der Waals surface area contributed by atoms with Crippen LogP contribution in [0, 0.1) is 6.92 Å². The Bertz CT molecular complexity index is 465. The number of hydrogen-bond acceptors (Lipinski definition) is 2. The first-order chi connectivity index (χ1) is 7.68. The SMILES string of the molecule is Cc1c(Cl)cccc1NC(C)c1ccsc1. The van der Waals surface area contributed by atoms with Gasteiger partial charge in [-0.05, 0) is 53.9 Å². The summed E-state index contributed by atoms with van der Waals surface area (Å²) in [6.07, 6.45) is 0.